The standard InChI is InChI=1S/C12H19N5O2/c1-8-11(19)10(9(7-18)5-16-8)6-17-12(14)15-4-2-3-13/h5-6,18-19H,2-4,7,13H2,1H3,(H2,14,15). The van der Waals surface area contributed by atoms with Crippen molar-refractivity contribution in [1.82, 2.24) is 4.98 Å². The normalized spacial score (nSPS) is 12.3. The number of aliphatic imine (C=N–C) groups is 2. The third kappa shape index (κ3) is 4.31. The molecule has 104 valence electrons. The molecule has 0 saturated heterocycles. The van der Waals surface area contributed by atoms with Gasteiger partial charge in [-0.1, -0.05) is 0 Å². The highest BCUT2D eigenvalue weighted by Gasteiger charge is 2.09. The van der Waals surface area contributed by atoms with E-state index in [1.54, 1.807) is 6.92 Å². The smallest absolute Gasteiger partial charge is 0.215 e. The average Bonchev–Trinajstić information content (AvgIpc) is 2.40. The van der Waals surface area contributed by atoms with Gasteiger partial charge in [-0.3, -0.25) is 9.98 Å². The lowest BCUT2D eigenvalue weighted by Gasteiger charge is -2.06. The highest BCUT2D eigenvalue weighted by molar-refractivity contribution is 5.95. The van der Waals surface area contributed by atoms with Crippen LogP contribution < -0.4 is 11.5 Å². The number of aromatic hydroxyl groups is 1. The molecule has 0 aliphatic rings. The molecular weight excluding hydrogens is 246 g/mol. The van der Waals surface area contributed by atoms with Crippen molar-refractivity contribution >= 4 is 12.2 Å². The van der Waals surface area contributed by atoms with Gasteiger partial charge in [0.2, 0.25) is 5.96 Å². The number of aryl methyl sites for hydroxylation is 1. The van der Waals surface area contributed by atoms with Gasteiger partial charge in [-0.05, 0) is 19.9 Å². The second-order valence-corrected chi connectivity index (χ2v) is 3.93. The van der Waals surface area contributed by atoms with Crippen molar-refractivity contribution in [1.29, 1.82) is 0 Å². The summed E-state index contributed by atoms with van der Waals surface area (Å²) < 4.78 is 0. The van der Waals surface area contributed by atoms with Crippen LogP contribution in [0, 0.1) is 6.92 Å². The van der Waals surface area contributed by atoms with Crippen LogP contribution in [0.5, 0.6) is 5.75 Å². The number of guanidine groups is 1. The summed E-state index contributed by atoms with van der Waals surface area (Å²) in [6.07, 6.45) is 3.59. The Balaban J connectivity index is 2.92. The number of rotatable bonds is 5. The van der Waals surface area contributed by atoms with Crippen molar-refractivity contribution in [3.63, 3.8) is 0 Å². The zero-order chi connectivity index (χ0) is 14.3. The van der Waals surface area contributed by atoms with Crippen LogP contribution in [0.2, 0.25) is 0 Å². The Kier molecular flexibility index (Phi) is 5.91. The van der Waals surface area contributed by atoms with E-state index in [0.717, 1.165) is 6.42 Å². The van der Waals surface area contributed by atoms with Crippen LogP contribution >= 0.6 is 0 Å². The van der Waals surface area contributed by atoms with E-state index >= 15 is 0 Å². The van der Waals surface area contributed by atoms with Crippen LogP contribution in [0.1, 0.15) is 23.2 Å². The van der Waals surface area contributed by atoms with E-state index in [4.69, 9.17) is 11.5 Å². The fourth-order valence-corrected chi connectivity index (χ4v) is 1.38. The van der Waals surface area contributed by atoms with Crippen molar-refractivity contribution in [2.24, 2.45) is 21.5 Å². The molecule has 0 aromatic carbocycles. The number of aromatic nitrogens is 1. The number of aliphatic hydroxyl groups excluding tert-OH is 1. The van der Waals surface area contributed by atoms with E-state index in [9.17, 15) is 10.2 Å². The first-order valence-corrected chi connectivity index (χ1v) is 5.92. The Morgan fingerprint density at radius 3 is 2.89 bits per heavy atom. The largest absolute Gasteiger partial charge is 0.505 e. The minimum atomic E-state index is -0.244. The molecule has 6 N–H and O–H groups in total. The molecular formula is C12H19N5O2. The van der Waals surface area contributed by atoms with Crippen molar-refractivity contribution in [2.45, 2.75) is 20.0 Å². The molecule has 0 amide bonds. The van der Waals surface area contributed by atoms with Gasteiger partial charge in [0.05, 0.1) is 12.3 Å². The summed E-state index contributed by atoms with van der Waals surface area (Å²) in [4.78, 5) is 11.9. The van der Waals surface area contributed by atoms with Gasteiger partial charge < -0.3 is 21.7 Å². The van der Waals surface area contributed by atoms with Gasteiger partial charge in [0.1, 0.15) is 5.75 Å². The van der Waals surface area contributed by atoms with Crippen LogP contribution in [0.4, 0.5) is 0 Å². The number of nitrogens with two attached hydrogens (primary N) is 2. The molecule has 7 nitrogen and oxygen atoms in total. The number of hydrogen-bond acceptors (Lipinski definition) is 5. The number of aliphatic hydroxyl groups is 1. The second kappa shape index (κ2) is 7.45. The maximum atomic E-state index is 9.87. The third-order valence-electron chi connectivity index (χ3n) is 2.49. The molecule has 0 saturated carbocycles. The summed E-state index contributed by atoms with van der Waals surface area (Å²) in [7, 11) is 0. The lowest BCUT2D eigenvalue weighted by Crippen LogP contribution is -2.11. The first kappa shape index (κ1) is 15.1. The fraction of sp³-hybridized carbons (Fsp3) is 0.417. The van der Waals surface area contributed by atoms with E-state index in [0.29, 0.717) is 29.9 Å². The summed E-state index contributed by atoms with van der Waals surface area (Å²) in [5.41, 5.74) is 12.3. The molecule has 0 spiro atoms. The van der Waals surface area contributed by atoms with Gasteiger partial charge in [-0.2, -0.15) is 0 Å². The monoisotopic (exact) mass is 265 g/mol. The summed E-state index contributed by atoms with van der Waals surface area (Å²) in [5, 5.41) is 19.1. The molecule has 7 heteroatoms. The predicted octanol–water partition coefficient (Wildman–Crippen LogP) is -0.330. The van der Waals surface area contributed by atoms with Gasteiger partial charge in [0.25, 0.3) is 0 Å². The Labute approximate surface area is 111 Å². The van der Waals surface area contributed by atoms with Crippen molar-refractivity contribution in [3.05, 3.63) is 23.0 Å². The van der Waals surface area contributed by atoms with Gasteiger partial charge in [0, 0.05) is 30.1 Å². The van der Waals surface area contributed by atoms with E-state index in [-0.39, 0.29) is 18.3 Å². The quantitative estimate of drug-likeness (QED) is 0.329. The number of hydrogen-bond donors (Lipinski definition) is 4. The second-order valence-electron chi connectivity index (χ2n) is 3.93. The highest BCUT2D eigenvalue weighted by Crippen LogP contribution is 2.21. The minimum Gasteiger partial charge on any atom is -0.505 e. The van der Waals surface area contributed by atoms with Gasteiger partial charge in [0.15, 0.2) is 0 Å². The maximum absolute atomic E-state index is 9.87. The average molecular weight is 265 g/mol. The summed E-state index contributed by atoms with van der Waals surface area (Å²) in [6, 6.07) is 0. The molecule has 19 heavy (non-hydrogen) atoms. The van der Waals surface area contributed by atoms with E-state index in [2.05, 4.69) is 15.0 Å². The zero-order valence-corrected chi connectivity index (χ0v) is 10.9. The fourth-order valence-electron chi connectivity index (χ4n) is 1.38. The molecule has 0 aliphatic carbocycles. The maximum Gasteiger partial charge on any atom is 0.215 e. The SMILES string of the molecule is Cc1ncc(CO)c(C=NC(N)=NCCCN)c1O. The van der Waals surface area contributed by atoms with Crippen LogP contribution in [0.15, 0.2) is 16.2 Å². The van der Waals surface area contributed by atoms with E-state index < -0.39 is 0 Å². The first-order chi connectivity index (χ1) is 9.10. The van der Waals surface area contributed by atoms with Crippen molar-refractivity contribution in [2.75, 3.05) is 13.1 Å². The van der Waals surface area contributed by atoms with Crippen LogP contribution in [-0.4, -0.2) is 40.5 Å². The van der Waals surface area contributed by atoms with Crippen molar-refractivity contribution < 1.29 is 10.2 Å². The molecule has 0 radical (unpaired) electrons. The lowest BCUT2D eigenvalue weighted by atomic mass is 10.1. The number of nitrogens with zero attached hydrogens (tertiary/aromatic N) is 3. The lowest BCUT2D eigenvalue weighted by molar-refractivity contribution is 0.280. The summed E-state index contributed by atoms with van der Waals surface area (Å²) in [5.74, 6) is 0.0799. The molecule has 0 atom stereocenters. The molecule has 0 bridgehead atoms. The van der Waals surface area contributed by atoms with Crippen LogP contribution in [0.3, 0.4) is 0 Å². The Morgan fingerprint density at radius 2 is 2.26 bits per heavy atom. The van der Waals surface area contributed by atoms with Gasteiger partial charge >= 0.3 is 0 Å². The number of pyridine rings is 1. The topological polar surface area (TPSA) is 130 Å². The minimum absolute atomic E-state index is 0.0231. The predicted molar refractivity (Wildman–Crippen MR) is 74.3 cm³/mol. The highest BCUT2D eigenvalue weighted by atomic mass is 16.3. The van der Waals surface area contributed by atoms with Crippen molar-refractivity contribution in [3.8, 4) is 5.75 Å². The van der Waals surface area contributed by atoms with E-state index in [1.165, 1.54) is 12.4 Å². The Hall–Kier alpha value is -1.99. The first-order valence-electron chi connectivity index (χ1n) is 5.92. The summed E-state index contributed by atoms with van der Waals surface area (Å²) >= 11 is 0. The molecule has 1 aromatic rings. The molecule has 0 aliphatic heterocycles. The van der Waals surface area contributed by atoms with E-state index in [1.807, 2.05) is 0 Å². The van der Waals surface area contributed by atoms with Gasteiger partial charge in [-0.15, -0.1) is 0 Å². The van der Waals surface area contributed by atoms with Crippen LogP contribution in [0.25, 0.3) is 0 Å². The molecule has 1 rings (SSSR count). The Bertz CT molecular complexity index is 485. The molecule has 0 unspecified atom stereocenters. The Morgan fingerprint density at radius 1 is 1.53 bits per heavy atom. The van der Waals surface area contributed by atoms with Crippen LogP contribution in [-0.2, 0) is 6.61 Å². The summed E-state index contributed by atoms with van der Waals surface area (Å²) in [6.45, 7) is 2.46. The van der Waals surface area contributed by atoms with Gasteiger partial charge in [-0.25, -0.2) is 4.99 Å². The third-order valence-corrected chi connectivity index (χ3v) is 2.49. The molecule has 1 heterocycles. The zero-order valence-electron chi connectivity index (χ0n) is 10.9. The molecule has 0 fully saturated rings. The molecule has 1 aromatic heterocycles.